The lowest BCUT2D eigenvalue weighted by molar-refractivity contribution is 0.307. The van der Waals surface area contributed by atoms with Crippen molar-refractivity contribution in [3.8, 4) is 17.1 Å². The number of fused-ring (bicyclic) bond motifs is 1. The number of nitrogens with one attached hydrogen (secondary N) is 1. The molecule has 4 aromatic rings. The van der Waals surface area contributed by atoms with Crippen molar-refractivity contribution in [2.45, 2.75) is 6.61 Å². The van der Waals surface area contributed by atoms with Crippen molar-refractivity contribution in [1.29, 1.82) is 0 Å². The van der Waals surface area contributed by atoms with Gasteiger partial charge in [-0.15, -0.1) is 0 Å². The Bertz CT molecular complexity index is 1220. The Morgan fingerprint density at radius 2 is 1.75 bits per heavy atom. The topological polar surface area (TPSA) is 55.0 Å². The van der Waals surface area contributed by atoms with E-state index in [9.17, 15) is 4.79 Å². The minimum Gasteiger partial charge on any atom is -0.488 e. The van der Waals surface area contributed by atoms with E-state index < -0.39 is 0 Å². The standard InChI is InChI=1S/C21H13BrCl2N2O2/c22-12-8-9-19(28-11-15-16(23)5-3-6-17(15)24)14(10-12)20-25-18-7-2-1-4-13(18)21(27)26-20/h1-10H,11H2,(H,25,26,27). The third kappa shape index (κ3) is 3.78. The zero-order valence-electron chi connectivity index (χ0n) is 14.4. The molecule has 140 valence electrons. The summed E-state index contributed by atoms with van der Waals surface area (Å²) in [5.74, 6) is 0.975. The molecule has 0 saturated carbocycles. The van der Waals surface area contributed by atoms with Gasteiger partial charge >= 0.3 is 0 Å². The molecule has 1 aromatic heterocycles. The number of nitrogens with zero attached hydrogens (tertiary/aromatic N) is 1. The fraction of sp³-hybridized carbons (Fsp3) is 0.0476. The normalized spacial score (nSPS) is 11.0. The van der Waals surface area contributed by atoms with Gasteiger partial charge in [0.05, 0.1) is 16.5 Å². The lowest BCUT2D eigenvalue weighted by atomic mass is 10.1. The molecular weight excluding hydrogens is 463 g/mol. The lowest BCUT2D eigenvalue weighted by Crippen LogP contribution is -2.10. The second-order valence-electron chi connectivity index (χ2n) is 6.06. The average Bonchev–Trinajstić information content (AvgIpc) is 2.68. The second-order valence-corrected chi connectivity index (χ2v) is 7.79. The molecule has 0 radical (unpaired) electrons. The Kier molecular flexibility index (Phi) is 5.40. The summed E-state index contributed by atoms with van der Waals surface area (Å²) in [6.07, 6.45) is 0. The first kappa shape index (κ1) is 19.0. The van der Waals surface area contributed by atoms with Gasteiger partial charge in [0.15, 0.2) is 0 Å². The molecule has 0 saturated heterocycles. The largest absolute Gasteiger partial charge is 0.488 e. The Hall–Kier alpha value is -2.34. The molecule has 3 aromatic carbocycles. The van der Waals surface area contributed by atoms with Crippen molar-refractivity contribution in [3.05, 3.63) is 91.1 Å². The zero-order chi connectivity index (χ0) is 19.7. The number of ether oxygens (including phenoxy) is 1. The van der Waals surface area contributed by atoms with Crippen LogP contribution in [-0.4, -0.2) is 9.97 Å². The number of aromatic nitrogens is 2. The molecule has 7 heteroatoms. The summed E-state index contributed by atoms with van der Waals surface area (Å²) in [5, 5.41) is 1.60. The number of benzene rings is 3. The first-order valence-electron chi connectivity index (χ1n) is 8.37. The summed E-state index contributed by atoms with van der Waals surface area (Å²) in [4.78, 5) is 19.9. The highest BCUT2D eigenvalue weighted by molar-refractivity contribution is 9.10. The Labute approximate surface area is 179 Å². The molecule has 4 rings (SSSR count). The Balaban J connectivity index is 1.76. The van der Waals surface area contributed by atoms with Gasteiger partial charge in [0.25, 0.3) is 5.56 Å². The van der Waals surface area contributed by atoms with Crippen LogP contribution >= 0.6 is 39.1 Å². The van der Waals surface area contributed by atoms with Gasteiger partial charge in [-0.25, -0.2) is 4.98 Å². The fourth-order valence-corrected chi connectivity index (χ4v) is 3.71. The maximum atomic E-state index is 12.5. The minimum atomic E-state index is -0.208. The molecule has 0 amide bonds. The molecule has 0 unspecified atom stereocenters. The average molecular weight is 476 g/mol. The zero-order valence-corrected chi connectivity index (χ0v) is 17.5. The van der Waals surface area contributed by atoms with Crippen LogP contribution in [0.1, 0.15) is 5.56 Å². The van der Waals surface area contributed by atoms with Crippen molar-refractivity contribution in [1.82, 2.24) is 9.97 Å². The molecule has 0 aliphatic heterocycles. The summed E-state index contributed by atoms with van der Waals surface area (Å²) in [7, 11) is 0. The van der Waals surface area contributed by atoms with Gasteiger partial charge in [-0.2, -0.15) is 0 Å². The molecule has 0 spiro atoms. The van der Waals surface area contributed by atoms with E-state index in [1.54, 1.807) is 42.5 Å². The van der Waals surface area contributed by atoms with E-state index in [0.717, 1.165) is 4.47 Å². The second kappa shape index (κ2) is 7.95. The van der Waals surface area contributed by atoms with Crippen molar-refractivity contribution < 1.29 is 4.74 Å². The number of hydrogen-bond donors (Lipinski definition) is 1. The predicted octanol–water partition coefficient (Wildman–Crippen LogP) is 6.24. The van der Waals surface area contributed by atoms with E-state index in [0.29, 0.717) is 43.6 Å². The van der Waals surface area contributed by atoms with Crippen LogP contribution in [0.2, 0.25) is 10.0 Å². The summed E-state index contributed by atoms with van der Waals surface area (Å²) >= 11 is 15.9. The monoisotopic (exact) mass is 474 g/mol. The van der Waals surface area contributed by atoms with E-state index in [1.807, 2.05) is 18.2 Å². The fourth-order valence-electron chi connectivity index (χ4n) is 2.85. The molecule has 28 heavy (non-hydrogen) atoms. The van der Waals surface area contributed by atoms with Crippen LogP contribution in [-0.2, 0) is 6.61 Å². The van der Waals surface area contributed by atoms with E-state index in [1.165, 1.54) is 0 Å². The van der Waals surface area contributed by atoms with Crippen molar-refractivity contribution in [3.63, 3.8) is 0 Å². The molecule has 0 aliphatic rings. The number of rotatable bonds is 4. The van der Waals surface area contributed by atoms with Gasteiger partial charge in [0.1, 0.15) is 18.2 Å². The number of H-pyrrole nitrogens is 1. The molecule has 0 fully saturated rings. The summed E-state index contributed by atoms with van der Waals surface area (Å²) in [6.45, 7) is 0.185. The first-order chi connectivity index (χ1) is 13.5. The van der Waals surface area contributed by atoms with Gasteiger partial charge in [-0.05, 0) is 42.5 Å². The van der Waals surface area contributed by atoms with E-state index >= 15 is 0 Å². The molecule has 1 N–H and O–H groups in total. The lowest BCUT2D eigenvalue weighted by Gasteiger charge is -2.13. The smallest absolute Gasteiger partial charge is 0.259 e. The molecule has 4 nitrogen and oxygen atoms in total. The summed E-state index contributed by atoms with van der Waals surface area (Å²) < 4.78 is 6.83. The van der Waals surface area contributed by atoms with Crippen LogP contribution in [0.5, 0.6) is 5.75 Å². The highest BCUT2D eigenvalue weighted by atomic mass is 79.9. The van der Waals surface area contributed by atoms with E-state index in [4.69, 9.17) is 27.9 Å². The van der Waals surface area contributed by atoms with Crippen molar-refractivity contribution >= 4 is 50.0 Å². The third-order valence-corrected chi connectivity index (χ3v) is 5.44. The van der Waals surface area contributed by atoms with E-state index in [-0.39, 0.29) is 12.2 Å². The minimum absolute atomic E-state index is 0.185. The van der Waals surface area contributed by atoms with Crippen LogP contribution in [0.25, 0.3) is 22.3 Å². The Morgan fingerprint density at radius 1 is 1.00 bits per heavy atom. The molecule has 0 atom stereocenters. The highest BCUT2D eigenvalue weighted by Gasteiger charge is 2.14. The maximum absolute atomic E-state index is 12.5. The quantitative estimate of drug-likeness (QED) is 0.380. The molecule has 0 aliphatic carbocycles. The summed E-state index contributed by atoms with van der Waals surface area (Å²) in [5.41, 5.74) is 1.75. The van der Waals surface area contributed by atoms with Crippen LogP contribution in [0.15, 0.2) is 69.9 Å². The predicted molar refractivity (Wildman–Crippen MR) is 116 cm³/mol. The van der Waals surface area contributed by atoms with Crippen LogP contribution in [0, 0.1) is 0 Å². The molecule has 0 bridgehead atoms. The number of para-hydroxylation sites is 1. The molecule has 1 heterocycles. The number of hydrogen-bond acceptors (Lipinski definition) is 3. The van der Waals surface area contributed by atoms with Crippen molar-refractivity contribution in [2.24, 2.45) is 0 Å². The molecular formula is C21H13BrCl2N2O2. The van der Waals surface area contributed by atoms with Gasteiger partial charge in [0.2, 0.25) is 0 Å². The maximum Gasteiger partial charge on any atom is 0.259 e. The third-order valence-electron chi connectivity index (χ3n) is 4.24. The van der Waals surface area contributed by atoms with Gasteiger partial charge < -0.3 is 9.72 Å². The van der Waals surface area contributed by atoms with Crippen LogP contribution in [0.4, 0.5) is 0 Å². The van der Waals surface area contributed by atoms with Gasteiger partial charge in [0, 0.05) is 20.1 Å². The Morgan fingerprint density at radius 3 is 2.54 bits per heavy atom. The first-order valence-corrected chi connectivity index (χ1v) is 9.92. The van der Waals surface area contributed by atoms with E-state index in [2.05, 4.69) is 25.9 Å². The number of halogens is 3. The van der Waals surface area contributed by atoms with Gasteiger partial charge in [-0.1, -0.05) is 57.3 Å². The van der Waals surface area contributed by atoms with Gasteiger partial charge in [-0.3, -0.25) is 4.79 Å². The number of aromatic amines is 1. The SMILES string of the molecule is O=c1[nH]c(-c2cc(Br)ccc2OCc2c(Cl)cccc2Cl)nc2ccccc12. The highest BCUT2D eigenvalue weighted by Crippen LogP contribution is 2.33. The summed E-state index contributed by atoms with van der Waals surface area (Å²) in [6, 6.07) is 18.0. The van der Waals surface area contributed by atoms with Crippen LogP contribution in [0.3, 0.4) is 0 Å². The van der Waals surface area contributed by atoms with Crippen LogP contribution < -0.4 is 10.3 Å². The van der Waals surface area contributed by atoms with Crippen molar-refractivity contribution in [2.75, 3.05) is 0 Å².